The molecule has 0 unspecified atom stereocenters. The summed E-state index contributed by atoms with van der Waals surface area (Å²) in [6.07, 6.45) is 0. The Hall–Kier alpha value is -1.58. The van der Waals surface area contributed by atoms with Crippen LogP contribution in [0.4, 0.5) is 5.69 Å². The Morgan fingerprint density at radius 2 is 1.85 bits per heavy atom. The Morgan fingerprint density at radius 1 is 1.15 bits per heavy atom. The predicted octanol–water partition coefficient (Wildman–Crippen LogP) is 4.00. The van der Waals surface area contributed by atoms with Crippen molar-refractivity contribution in [3.63, 3.8) is 0 Å². The number of benzene rings is 2. The van der Waals surface area contributed by atoms with Crippen LogP contribution >= 0.6 is 23.8 Å². The maximum Gasteiger partial charge on any atom is 0.107 e. The van der Waals surface area contributed by atoms with Crippen molar-refractivity contribution in [3.8, 4) is 0 Å². The highest BCUT2D eigenvalue weighted by atomic mass is 35.5. The molecule has 2 nitrogen and oxygen atoms in total. The maximum absolute atomic E-state index is 6.23. The molecule has 0 fully saturated rings. The van der Waals surface area contributed by atoms with Crippen molar-refractivity contribution in [2.24, 2.45) is 5.73 Å². The van der Waals surface area contributed by atoms with E-state index in [9.17, 15) is 0 Å². The van der Waals surface area contributed by atoms with E-state index in [0.29, 0.717) is 10.0 Å². The molecule has 2 aromatic rings. The summed E-state index contributed by atoms with van der Waals surface area (Å²) < 4.78 is 0. The van der Waals surface area contributed by atoms with Gasteiger partial charge in [-0.15, -0.1) is 0 Å². The fraction of sp³-hybridized carbons (Fsp3) is 0.188. The Labute approximate surface area is 130 Å². The van der Waals surface area contributed by atoms with E-state index in [1.54, 1.807) is 0 Å². The molecule has 0 spiro atoms. The summed E-state index contributed by atoms with van der Waals surface area (Å²) in [6.45, 7) is 3.76. The van der Waals surface area contributed by atoms with Crippen molar-refractivity contribution in [2.75, 3.05) is 11.4 Å². The standard InChI is InChI=1S/C16H17ClN2S/c1-2-19(11-12-7-4-3-5-8-12)14-10-6-9-13(17)15(14)16(18)20/h3-10H,2,11H2,1H3,(H2,18,20). The molecule has 0 radical (unpaired) electrons. The number of hydrogen-bond donors (Lipinski definition) is 1. The first-order chi connectivity index (χ1) is 9.63. The monoisotopic (exact) mass is 304 g/mol. The van der Waals surface area contributed by atoms with Gasteiger partial charge in [0.15, 0.2) is 0 Å². The molecule has 0 amide bonds. The van der Waals surface area contributed by atoms with E-state index in [4.69, 9.17) is 29.6 Å². The molecule has 104 valence electrons. The molecule has 2 aromatic carbocycles. The van der Waals surface area contributed by atoms with Gasteiger partial charge in [0, 0.05) is 18.8 Å². The molecule has 0 bridgehead atoms. The van der Waals surface area contributed by atoms with Gasteiger partial charge in [0.05, 0.1) is 10.6 Å². The lowest BCUT2D eigenvalue weighted by Gasteiger charge is -2.26. The van der Waals surface area contributed by atoms with Crippen LogP contribution < -0.4 is 10.6 Å². The Bertz CT molecular complexity index is 599. The number of hydrogen-bond acceptors (Lipinski definition) is 2. The van der Waals surface area contributed by atoms with Gasteiger partial charge in [0.2, 0.25) is 0 Å². The van der Waals surface area contributed by atoms with Crippen molar-refractivity contribution in [1.82, 2.24) is 0 Å². The average molecular weight is 305 g/mol. The molecular weight excluding hydrogens is 288 g/mol. The molecule has 20 heavy (non-hydrogen) atoms. The first-order valence-electron chi connectivity index (χ1n) is 6.50. The zero-order chi connectivity index (χ0) is 14.5. The number of anilines is 1. The van der Waals surface area contributed by atoms with E-state index in [1.807, 2.05) is 36.4 Å². The Kier molecular flexibility index (Phi) is 4.99. The molecule has 4 heteroatoms. The van der Waals surface area contributed by atoms with Crippen LogP contribution in [0.15, 0.2) is 48.5 Å². The quantitative estimate of drug-likeness (QED) is 0.847. The molecule has 0 aliphatic rings. The summed E-state index contributed by atoms with van der Waals surface area (Å²) >= 11 is 11.4. The number of thiocarbonyl (C=S) groups is 1. The maximum atomic E-state index is 6.23. The number of nitrogens with zero attached hydrogens (tertiary/aromatic N) is 1. The molecule has 0 aliphatic heterocycles. The van der Waals surface area contributed by atoms with E-state index in [1.165, 1.54) is 5.56 Å². The zero-order valence-corrected chi connectivity index (χ0v) is 12.9. The highest BCUT2D eigenvalue weighted by molar-refractivity contribution is 7.80. The van der Waals surface area contributed by atoms with Gasteiger partial charge in [-0.3, -0.25) is 0 Å². The molecule has 0 atom stereocenters. The van der Waals surface area contributed by atoms with Gasteiger partial charge < -0.3 is 10.6 Å². The fourth-order valence-corrected chi connectivity index (χ4v) is 2.73. The van der Waals surface area contributed by atoms with Crippen molar-refractivity contribution in [2.45, 2.75) is 13.5 Å². The third kappa shape index (κ3) is 3.30. The Balaban J connectivity index is 2.37. The molecule has 0 aromatic heterocycles. The second-order valence-electron chi connectivity index (χ2n) is 4.50. The summed E-state index contributed by atoms with van der Waals surface area (Å²) in [5, 5.41) is 0.599. The second kappa shape index (κ2) is 6.73. The molecule has 2 N–H and O–H groups in total. The first kappa shape index (κ1) is 14.8. The molecule has 0 heterocycles. The van der Waals surface area contributed by atoms with Gasteiger partial charge >= 0.3 is 0 Å². The molecular formula is C16H17ClN2S. The summed E-state index contributed by atoms with van der Waals surface area (Å²) in [4.78, 5) is 2.55. The summed E-state index contributed by atoms with van der Waals surface area (Å²) in [7, 11) is 0. The van der Waals surface area contributed by atoms with Crippen LogP contribution in [0.1, 0.15) is 18.1 Å². The van der Waals surface area contributed by atoms with Gasteiger partial charge in [-0.1, -0.05) is 60.2 Å². The van der Waals surface area contributed by atoms with E-state index in [0.717, 1.165) is 24.3 Å². The van der Waals surface area contributed by atoms with Gasteiger partial charge in [-0.05, 0) is 24.6 Å². The van der Waals surface area contributed by atoms with Crippen LogP contribution in [0.3, 0.4) is 0 Å². The minimum absolute atomic E-state index is 0.331. The van der Waals surface area contributed by atoms with Crippen molar-refractivity contribution in [1.29, 1.82) is 0 Å². The SMILES string of the molecule is CCN(Cc1ccccc1)c1cccc(Cl)c1C(N)=S. The smallest absolute Gasteiger partial charge is 0.107 e. The third-order valence-corrected chi connectivity index (χ3v) is 3.70. The van der Waals surface area contributed by atoms with Crippen molar-refractivity contribution in [3.05, 3.63) is 64.7 Å². The highest BCUT2D eigenvalue weighted by Gasteiger charge is 2.15. The van der Waals surface area contributed by atoms with Crippen LogP contribution in [0.2, 0.25) is 5.02 Å². The van der Waals surface area contributed by atoms with Crippen LogP contribution in [0.5, 0.6) is 0 Å². The van der Waals surface area contributed by atoms with Crippen LogP contribution in [-0.4, -0.2) is 11.5 Å². The van der Waals surface area contributed by atoms with Gasteiger partial charge in [-0.25, -0.2) is 0 Å². The van der Waals surface area contributed by atoms with Gasteiger partial charge in [0.1, 0.15) is 4.99 Å². The average Bonchev–Trinajstić information content (AvgIpc) is 2.45. The van der Waals surface area contributed by atoms with Crippen molar-refractivity contribution >= 4 is 34.5 Å². The van der Waals surface area contributed by atoms with E-state index >= 15 is 0 Å². The zero-order valence-electron chi connectivity index (χ0n) is 11.3. The summed E-state index contributed by atoms with van der Waals surface area (Å²) in [5.41, 5.74) is 8.80. The van der Waals surface area contributed by atoms with Crippen LogP contribution in [0, 0.1) is 0 Å². The lowest BCUT2D eigenvalue weighted by atomic mass is 10.1. The fourth-order valence-electron chi connectivity index (χ4n) is 2.19. The Morgan fingerprint density at radius 3 is 2.45 bits per heavy atom. The molecule has 0 aliphatic carbocycles. The summed E-state index contributed by atoms with van der Waals surface area (Å²) in [5.74, 6) is 0. The minimum Gasteiger partial charge on any atom is -0.389 e. The third-order valence-electron chi connectivity index (χ3n) is 3.18. The lowest BCUT2D eigenvalue weighted by molar-refractivity contribution is 0.831. The van der Waals surface area contributed by atoms with Gasteiger partial charge in [-0.2, -0.15) is 0 Å². The molecule has 2 rings (SSSR count). The first-order valence-corrected chi connectivity index (χ1v) is 7.29. The van der Waals surface area contributed by atoms with Crippen LogP contribution in [-0.2, 0) is 6.54 Å². The topological polar surface area (TPSA) is 29.3 Å². The van der Waals surface area contributed by atoms with Crippen molar-refractivity contribution < 1.29 is 0 Å². The normalized spacial score (nSPS) is 10.3. The molecule has 0 saturated carbocycles. The lowest BCUT2D eigenvalue weighted by Crippen LogP contribution is -2.25. The van der Waals surface area contributed by atoms with Gasteiger partial charge in [0.25, 0.3) is 0 Å². The van der Waals surface area contributed by atoms with Crippen LogP contribution in [0.25, 0.3) is 0 Å². The summed E-state index contributed by atoms with van der Waals surface area (Å²) in [6, 6.07) is 16.0. The predicted molar refractivity (Wildman–Crippen MR) is 90.5 cm³/mol. The number of rotatable bonds is 5. The highest BCUT2D eigenvalue weighted by Crippen LogP contribution is 2.28. The minimum atomic E-state index is 0.331. The second-order valence-corrected chi connectivity index (χ2v) is 5.35. The van der Waals surface area contributed by atoms with E-state index < -0.39 is 0 Å². The number of nitrogens with two attached hydrogens (primary N) is 1. The van der Waals surface area contributed by atoms with E-state index in [-0.39, 0.29) is 0 Å². The largest absolute Gasteiger partial charge is 0.389 e. The number of halogens is 1. The molecule has 0 saturated heterocycles. The van der Waals surface area contributed by atoms with E-state index in [2.05, 4.69) is 24.0 Å².